The van der Waals surface area contributed by atoms with Gasteiger partial charge in [0.2, 0.25) is 0 Å². The first-order valence-electron chi connectivity index (χ1n) is 11.2. The molecule has 1 saturated carbocycles. The van der Waals surface area contributed by atoms with Gasteiger partial charge < -0.3 is 10.5 Å². The number of hydrogen-bond acceptors (Lipinski definition) is 5. The van der Waals surface area contributed by atoms with Gasteiger partial charge in [-0.15, -0.1) is 11.3 Å². The molecule has 0 aromatic carbocycles. The van der Waals surface area contributed by atoms with E-state index < -0.39 is 5.54 Å². The van der Waals surface area contributed by atoms with Gasteiger partial charge in [0.1, 0.15) is 4.88 Å². The summed E-state index contributed by atoms with van der Waals surface area (Å²) in [5, 5.41) is 0. The van der Waals surface area contributed by atoms with Gasteiger partial charge in [-0.2, -0.15) is 0 Å². The highest BCUT2D eigenvalue weighted by Crippen LogP contribution is 2.42. The number of carbonyl (C=O) groups is 1. The average molecular weight is 429 g/mol. The number of esters is 1. The van der Waals surface area contributed by atoms with Crippen LogP contribution in [0.2, 0.25) is 0 Å². The van der Waals surface area contributed by atoms with Crippen molar-refractivity contribution in [3.8, 4) is 11.8 Å². The molecule has 0 spiro atoms. The van der Waals surface area contributed by atoms with Gasteiger partial charge in [0.15, 0.2) is 0 Å². The molecule has 1 aromatic heterocycles. The summed E-state index contributed by atoms with van der Waals surface area (Å²) < 4.78 is 5.13. The van der Waals surface area contributed by atoms with Crippen LogP contribution in [0.3, 0.4) is 0 Å². The van der Waals surface area contributed by atoms with Gasteiger partial charge in [-0.3, -0.25) is 4.90 Å². The summed E-state index contributed by atoms with van der Waals surface area (Å²) in [6, 6.07) is 2.10. The number of nitrogens with two attached hydrogens (primary N) is 1. The number of ether oxygens (including phenoxy) is 1. The molecule has 0 saturated heterocycles. The minimum Gasteiger partial charge on any atom is -0.465 e. The maximum Gasteiger partial charge on any atom is 0.348 e. The lowest BCUT2D eigenvalue weighted by atomic mass is 9.75. The van der Waals surface area contributed by atoms with Crippen LogP contribution in [0, 0.1) is 23.7 Å². The second kappa shape index (κ2) is 9.68. The fourth-order valence-corrected chi connectivity index (χ4v) is 5.51. The maximum absolute atomic E-state index is 12.6. The van der Waals surface area contributed by atoms with Gasteiger partial charge in [0, 0.05) is 18.7 Å². The lowest BCUT2D eigenvalue weighted by molar-refractivity contribution is 0.0606. The lowest BCUT2D eigenvalue weighted by Crippen LogP contribution is -2.34. The van der Waals surface area contributed by atoms with E-state index in [1.54, 1.807) is 0 Å². The monoisotopic (exact) mass is 428 g/mol. The van der Waals surface area contributed by atoms with Crippen molar-refractivity contribution in [2.75, 3.05) is 26.7 Å². The van der Waals surface area contributed by atoms with E-state index in [9.17, 15) is 4.79 Å². The molecule has 164 valence electrons. The van der Waals surface area contributed by atoms with Crippen molar-refractivity contribution in [1.29, 1.82) is 0 Å². The molecule has 0 bridgehead atoms. The third kappa shape index (κ3) is 5.55. The SMILES string of the molecule is CCN1CCC(c2cc(C#CC(C)(C)N)sc2C(=O)OC)=C(C2CCC(C)CC2)C1. The Morgan fingerprint density at radius 3 is 2.63 bits per heavy atom. The Morgan fingerprint density at radius 2 is 2.03 bits per heavy atom. The topological polar surface area (TPSA) is 55.6 Å². The zero-order valence-corrected chi connectivity index (χ0v) is 20.0. The standard InChI is InChI=1S/C25H36N2O2S/c1-6-27-14-12-20(22(16-27)18-9-7-17(2)8-10-18)21-15-19(11-13-25(3,4)26)30-23(21)24(28)29-5/h15,17-18H,6-10,12,14,16,26H2,1-5H3. The smallest absolute Gasteiger partial charge is 0.348 e. The molecule has 0 atom stereocenters. The van der Waals surface area contributed by atoms with Crippen LogP contribution in [0.4, 0.5) is 0 Å². The van der Waals surface area contributed by atoms with Crippen LogP contribution in [0.25, 0.3) is 5.57 Å². The first-order valence-corrected chi connectivity index (χ1v) is 12.0. The van der Waals surface area contributed by atoms with Crippen LogP contribution < -0.4 is 5.73 Å². The van der Waals surface area contributed by atoms with Crippen molar-refractivity contribution >= 4 is 22.9 Å². The summed E-state index contributed by atoms with van der Waals surface area (Å²) in [4.78, 5) is 16.7. The number of carbonyl (C=O) groups excluding carboxylic acids is 1. The lowest BCUT2D eigenvalue weighted by Gasteiger charge is -2.36. The second-order valence-corrected chi connectivity index (χ2v) is 10.4. The minimum absolute atomic E-state index is 0.267. The third-order valence-electron chi connectivity index (χ3n) is 6.35. The molecular weight excluding hydrogens is 392 g/mol. The van der Waals surface area contributed by atoms with Crippen molar-refractivity contribution in [3.63, 3.8) is 0 Å². The Hall–Kier alpha value is -1.61. The summed E-state index contributed by atoms with van der Waals surface area (Å²) in [6.45, 7) is 11.5. The first-order chi connectivity index (χ1) is 14.2. The van der Waals surface area contributed by atoms with Gasteiger partial charge in [-0.25, -0.2) is 4.79 Å². The Bertz CT molecular complexity index is 858. The molecule has 30 heavy (non-hydrogen) atoms. The first kappa shape index (κ1) is 23.1. The van der Waals surface area contributed by atoms with E-state index in [1.165, 1.54) is 55.3 Å². The number of nitrogens with zero attached hydrogens (tertiary/aromatic N) is 1. The van der Waals surface area contributed by atoms with Crippen molar-refractivity contribution < 1.29 is 9.53 Å². The molecule has 1 aliphatic carbocycles. The summed E-state index contributed by atoms with van der Waals surface area (Å²) in [5.74, 6) is 7.46. The molecule has 0 amide bonds. The van der Waals surface area contributed by atoms with Gasteiger partial charge in [0.05, 0.1) is 17.5 Å². The molecule has 0 unspecified atom stereocenters. The zero-order valence-electron chi connectivity index (χ0n) is 19.1. The largest absolute Gasteiger partial charge is 0.465 e. The highest BCUT2D eigenvalue weighted by Gasteiger charge is 2.30. The van der Waals surface area contributed by atoms with E-state index in [0.29, 0.717) is 10.8 Å². The van der Waals surface area contributed by atoms with Crippen LogP contribution in [0.5, 0.6) is 0 Å². The van der Waals surface area contributed by atoms with Crippen molar-refractivity contribution in [2.24, 2.45) is 17.6 Å². The number of methoxy groups -OCH3 is 1. The van der Waals surface area contributed by atoms with E-state index in [4.69, 9.17) is 10.5 Å². The molecule has 2 heterocycles. The van der Waals surface area contributed by atoms with E-state index in [2.05, 4.69) is 36.7 Å². The average Bonchev–Trinajstić information content (AvgIpc) is 3.15. The van der Waals surface area contributed by atoms with Crippen LogP contribution in [-0.2, 0) is 4.74 Å². The molecule has 3 rings (SSSR count). The molecule has 1 aliphatic heterocycles. The Kier molecular flexibility index (Phi) is 7.44. The zero-order chi connectivity index (χ0) is 21.9. The minimum atomic E-state index is -0.564. The van der Waals surface area contributed by atoms with Crippen LogP contribution in [0.15, 0.2) is 11.6 Å². The molecule has 0 radical (unpaired) electrons. The van der Waals surface area contributed by atoms with Crippen LogP contribution in [0.1, 0.15) is 79.9 Å². The molecule has 5 heteroatoms. The van der Waals surface area contributed by atoms with E-state index in [0.717, 1.165) is 42.4 Å². The van der Waals surface area contributed by atoms with Crippen LogP contribution >= 0.6 is 11.3 Å². The van der Waals surface area contributed by atoms with E-state index in [-0.39, 0.29) is 5.97 Å². The maximum atomic E-state index is 12.6. The van der Waals surface area contributed by atoms with Gasteiger partial charge >= 0.3 is 5.97 Å². The predicted molar refractivity (Wildman–Crippen MR) is 126 cm³/mol. The van der Waals surface area contributed by atoms with Gasteiger partial charge in [-0.1, -0.05) is 38.5 Å². The highest BCUT2D eigenvalue weighted by molar-refractivity contribution is 7.14. The number of likely N-dealkylation sites (N-methyl/N-ethyl adjacent to an activating group) is 1. The van der Waals surface area contributed by atoms with E-state index in [1.807, 2.05) is 13.8 Å². The van der Waals surface area contributed by atoms with Crippen LogP contribution in [-0.4, -0.2) is 43.2 Å². The van der Waals surface area contributed by atoms with Crippen molar-refractivity contribution in [3.05, 3.63) is 27.0 Å². The quantitative estimate of drug-likeness (QED) is 0.546. The van der Waals surface area contributed by atoms with Gasteiger partial charge in [-0.05, 0) is 68.7 Å². The molecule has 4 nitrogen and oxygen atoms in total. The Balaban J connectivity index is 2.07. The third-order valence-corrected chi connectivity index (χ3v) is 7.38. The highest BCUT2D eigenvalue weighted by atomic mass is 32.1. The van der Waals surface area contributed by atoms with Crippen molar-refractivity contribution in [1.82, 2.24) is 4.90 Å². The van der Waals surface area contributed by atoms with Crippen molar-refractivity contribution in [2.45, 2.75) is 65.3 Å². The molecule has 1 aromatic rings. The van der Waals surface area contributed by atoms with E-state index >= 15 is 0 Å². The normalized spacial score (nSPS) is 23.1. The summed E-state index contributed by atoms with van der Waals surface area (Å²) in [7, 11) is 1.46. The summed E-state index contributed by atoms with van der Waals surface area (Å²) in [5.41, 5.74) is 9.41. The molecule has 1 fully saturated rings. The number of rotatable bonds is 4. The molecule has 2 aliphatic rings. The predicted octanol–water partition coefficient (Wildman–Crippen LogP) is 4.93. The molecule has 2 N–H and O–H groups in total. The molecular formula is C25H36N2O2S. The number of hydrogen-bond donors (Lipinski definition) is 1. The summed E-state index contributed by atoms with van der Waals surface area (Å²) in [6.07, 6.45) is 6.07. The second-order valence-electron chi connectivity index (χ2n) is 9.40. The fraction of sp³-hybridized carbons (Fsp3) is 0.640. The fourth-order valence-electron chi connectivity index (χ4n) is 4.55. The number of thiophene rings is 1. The van der Waals surface area contributed by atoms with Gasteiger partial charge in [0.25, 0.3) is 0 Å². The Morgan fingerprint density at radius 1 is 1.33 bits per heavy atom. The summed E-state index contributed by atoms with van der Waals surface area (Å²) >= 11 is 1.43. The Labute approximate surface area is 185 Å².